The van der Waals surface area contributed by atoms with Crippen LogP contribution < -0.4 is 5.73 Å². The minimum Gasteiger partial charge on any atom is -0.372 e. The Kier molecular flexibility index (Phi) is 4.38. The van der Waals surface area contributed by atoms with Crippen molar-refractivity contribution in [3.63, 3.8) is 0 Å². The molecule has 2 nitrogen and oxygen atoms in total. The van der Waals surface area contributed by atoms with E-state index in [4.69, 9.17) is 10.5 Å². The molecule has 1 fully saturated rings. The monoisotopic (exact) mass is 283 g/mol. The van der Waals surface area contributed by atoms with Crippen LogP contribution in [0.3, 0.4) is 0 Å². The molecule has 0 amide bonds. The Morgan fingerprint density at radius 2 is 1.88 bits per heavy atom. The summed E-state index contributed by atoms with van der Waals surface area (Å²) in [7, 11) is 0. The first-order valence-corrected chi connectivity index (χ1v) is 6.66. The largest absolute Gasteiger partial charge is 0.372 e. The third-order valence-electron chi connectivity index (χ3n) is 3.13. The van der Waals surface area contributed by atoms with Gasteiger partial charge in [0, 0.05) is 10.5 Å². The fourth-order valence-electron chi connectivity index (χ4n) is 2.12. The third kappa shape index (κ3) is 3.30. The maximum atomic E-state index is 6.03. The van der Waals surface area contributed by atoms with Gasteiger partial charge in [0.1, 0.15) is 0 Å². The molecule has 0 aromatic heterocycles. The molecule has 0 bridgehead atoms. The lowest BCUT2D eigenvalue weighted by molar-refractivity contribution is 0.00404. The molecule has 1 aliphatic carbocycles. The van der Waals surface area contributed by atoms with Crippen molar-refractivity contribution in [1.29, 1.82) is 0 Å². The van der Waals surface area contributed by atoms with Gasteiger partial charge in [-0.15, -0.1) is 0 Å². The van der Waals surface area contributed by atoms with Gasteiger partial charge >= 0.3 is 0 Å². The van der Waals surface area contributed by atoms with Gasteiger partial charge in [-0.25, -0.2) is 0 Å². The number of ether oxygens (including phenoxy) is 1. The standard InChI is InChI=1S/C13H18BrNO/c14-11-7-5-10(6-8-11)9-16-13-4-2-1-3-12(13)15/h5-8,12-13H,1-4,9,15H2/t12-,13-/m1/s1. The lowest BCUT2D eigenvalue weighted by Crippen LogP contribution is -2.39. The molecule has 0 heterocycles. The molecule has 0 spiro atoms. The molecule has 2 N–H and O–H groups in total. The number of benzene rings is 1. The van der Waals surface area contributed by atoms with Crippen LogP contribution in [0.25, 0.3) is 0 Å². The molecule has 0 saturated heterocycles. The number of nitrogens with two attached hydrogens (primary N) is 1. The Balaban J connectivity index is 1.84. The van der Waals surface area contributed by atoms with Gasteiger partial charge in [-0.05, 0) is 30.5 Å². The van der Waals surface area contributed by atoms with Gasteiger partial charge in [-0.1, -0.05) is 40.9 Å². The summed E-state index contributed by atoms with van der Waals surface area (Å²) < 4.78 is 6.98. The maximum absolute atomic E-state index is 6.03. The summed E-state index contributed by atoms with van der Waals surface area (Å²) in [5, 5.41) is 0. The fraction of sp³-hybridized carbons (Fsp3) is 0.538. The third-order valence-corrected chi connectivity index (χ3v) is 3.66. The summed E-state index contributed by atoms with van der Waals surface area (Å²) in [5.74, 6) is 0. The smallest absolute Gasteiger partial charge is 0.0730 e. The van der Waals surface area contributed by atoms with Crippen LogP contribution in [-0.4, -0.2) is 12.1 Å². The minimum absolute atomic E-state index is 0.226. The summed E-state index contributed by atoms with van der Waals surface area (Å²) in [4.78, 5) is 0. The molecule has 2 atom stereocenters. The van der Waals surface area contributed by atoms with Crippen LogP contribution in [0, 0.1) is 0 Å². The highest BCUT2D eigenvalue weighted by Crippen LogP contribution is 2.21. The highest BCUT2D eigenvalue weighted by atomic mass is 79.9. The van der Waals surface area contributed by atoms with Gasteiger partial charge in [0.15, 0.2) is 0 Å². The molecule has 2 rings (SSSR count). The van der Waals surface area contributed by atoms with Gasteiger partial charge in [0.2, 0.25) is 0 Å². The number of hydrogen-bond acceptors (Lipinski definition) is 2. The van der Waals surface area contributed by atoms with E-state index in [-0.39, 0.29) is 12.1 Å². The van der Waals surface area contributed by atoms with E-state index in [0.717, 1.165) is 17.3 Å². The molecular weight excluding hydrogens is 266 g/mol. The maximum Gasteiger partial charge on any atom is 0.0730 e. The van der Waals surface area contributed by atoms with Crippen LogP contribution in [-0.2, 0) is 11.3 Å². The summed E-state index contributed by atoms with van der Waals surface area (Å²) in [6.45, 7) is 0.672. The van der Waals surface area contributed by atoms with Crippen molar-refractivity contribution in [2.24, 2.45) is 5.73 Å². The van der Waals surface area contributed by atoms with Gasteiger partial charge in [-0.3, -0.25) is 0 Å². The van der Waals surface area contributed by atoms with Gasteiger partial charge in [0.25, 0.3) is 0 Å². The lowest BCUT2D eigenvalue weighted by atomic mass is 9.93. The zero-order valence-electron chi connectivity index (χ0n) is 9.36. The Morgan fingerprint density at radius 3 is 2.56 bits per heavy atom. The molecule has 0 aliphatic heterocycles. The molecule has 88 valence electrons. The second kappa shape index (κ2) is 5.80. The molecule has 0 radical (unpaired) electrons. The van der Waals surface area contributed by atoms with Crippen molar-refractivity contribution in [2.45, 2.75) is 44.4 Å². The molecule has 16 heavy (non-hydrogen) atoms. The molecular formula is C13H18BrNO. The molecule has 1 aliphatic rings. The number of hydrogen-bond donors (Lipinski definition) is 1. The Hall–Kier alpha value is -0.380. The normalized spacial score (nSPS) is 25.6. The minimum atomic E-state index is 0.226. The SMILES string of the molecule is N[C@@H]1CCCC[C@H]1OCc1ccc(Br)cc1. The van der Waals surface area contributed by atoms with Crippen molar-refractivity contribution in [3.8, 4) is 0 Å². The fourth-order valence-corrected chi connectivity index (χ4v) is 2.38. The average molecular weight is 284 g/mol. The highest BCUT2D eigenvalue weighted by Gasteiger charge is 2.21. The van der Waals surface area contributed by atoms with Crippen LogP contribution in [0.2, 0.25) is 0 Å². The average Bonchev–Trinajstić information content (AvgIpc) is 2.30. The highest BCUT2D eigenvalue weighted by molar-refractivity contribution is 9.10. The van der Waals surface area contributed by atoms with Crippen LogP contribution in [0.15, 0.2) is 28.7 Å². The van der Waals surface area contributed by atoms with E-state index in [1.807, 2.05) is 12.1 Å². The van der Waals surface area contributed by atoms with Crippen molar-refractivity contribution < 1.29 is 4.74 Å². The van der Waals surface area contributed by atoms with E-state index in [1.165, 1.54) is 18.4 Å². The molecule has 1 aromatic carbocycles. The first-order valence-electron chi connectivity index (χ1n) is 5.87. The van der Waals surface area contributed by atoms with Crippen molar-refractivity contribution in [3.05, 3.63) is 34.3 Å². The quantitative estimate of drug-likeness (QED) is 0.924. The molecule has 3 heteroatoms. The van der Waals surface area contributed by atoms with Crippen molar-refractivity contribution in [2.75, 3.05) is 0 Å². The zero-order valence-corrected chi connectivity index (χ0v) is 10.9. The lowest BCUT2D eigenvalue weighted by Gasteiger charge is -2.28. The van der Waals surface area contributed by atoms with E-state index in [9.17, 15) is 0 Å². The van der Waals surface area contributed by atoms with E-state index in [2.05, 4.69) is 28.1 Å². The topological polar surface area (TPSA) is 35.2 Å². The van der Waals surface area contributed by atoms with Crippen molar-refractivity contribution in [1.82, 2.24) is 0 Å². The molecule has 1 saturated carbocycles. The first-order chi connectivity index (χ1) is 7.75. The predicted molar refractivity (Wildman–Crippen MR) is 69.2 cm³/mol. The number of rotatable bonds is 3. The van der Waals surface area contributed by atoms with Crippen LogP contribution in [0.4, 0.5) is 0 Å². The Morgan fingerprint density at radius 1 is 1.19 bits per heavy atom. The number of halogens is 1. The predicted octanol–water partition coefficient (Wildman–Crippen LogP) is 3.24. The van der Waals surface area contributed by atoms with Gasteiger partial charge in [0.05, 0.1) is 12.7 Å². The second-order valence-electron chi connectivity index (χ2n) is 4.42. The van der Waals surface area contributed by atoms with Crippen LogP contribution in [0.1, 0.15) is 31.2 Å². The van der Waals surface area contributed by atoms with Crippen LogP contribution in [0.5, 0.6) is 0 Å². The van der Waals surface area contributed by atoms with Gasteiger partial charge in [-0.2, -0.15) is 0 Å². The Bertz CT molecular complexity index is 325. The Labute approximate surface area is 105 Å². The first kappa shape index (κ1) is 12.1. The van der Waals surface area contributed by atoms with E-state index in [1.54, 1.807) is 0 Å². The zero-order chi connectivity index (χ0) is 11.4. The van der Waals surface area contributed by atoms with E-state index < -0.39 is 0 Å². The van der Waals surface area contributed by atoms with E-state index in [0.29, 0.717) is 6.61 Å². The molecule has 1 aromatic rings. The van der Waals surface area contributed by atoms with Gasteiger partial charge < -0.3 is 10.5 Å². The summed E-state index contributed by atoms with van der Waals surface area (Å²) >= 11 is 3.42. The van der Waals surface area contributed by atoms with Crippen molar-refractivity contribution >= 4 is 15.9 Å². The second-order valence-corrected chi connectivity index (χ2v) is 5.34. The summed E-state index contributed by atoms with van der Waals surface area (Å²) in [6.07, 6.45) is 4.96. The van der Waals surface area contributed by atoms with Crippen LogP contribution >= 0.6 is 15.9 Å². The molecule has 0 unspecified atom stereocenters. The summed E-state index contributed by atoms with van der Waals surface area (Å²) in [6, 6.07) is 8.47. The van der Waals surface area contributed by atoms with E-state index >= 15 is 0 Å². The summed E-state index contributed by atoms with van der Waals surface area (Å²) in [5.41, 5.74) is 7.24.